The number of ether oxygens (including phenoxy) is 3. The molecule has 6 rings (SSSR count). The summed E-state index contributed by atoms with van der Waals surface area (Å²) >= 11 is 0. The minimum Gasteiger partial charge on any atom is -0.508 e. The van der Waals surface area contributed by atoms with Crippen molar-refractivity contribution in [2.24, 2.45) is 5.92 Å². The lowest BCUT2D eigenvalue weighted by Crippen LogP contribution is -2.24. The molecule has 0 aliphatic carbocycles. The first-order valence-electron chi connectivity index (χ1n) is 16.0. The summed E-state index contributed by atoms with van der Waals surface area (Å²) in [6.07, 6.45) is 3.93. The summed E-state index contributed by atoms with van der Waals surface area (Å²) in [4.78, 5) is 17.3. The minimum absolute atomic E-state index is 0.0498. The molecule has 4 aromatic carbocycles. The van der Waals surface area contributed by atoms with Crippen molar-refractivity contribution in [2.75, 3.05) is 20.3 Å². The highest BCUT2D eigenvalue weighted by Gasteiger charge is 2.39. The lowest BCUT2D eigenvalue weighted by molar-refractivity contribution is 0.0835. The van der Waals surface area contributed by atoms with Crippen LogP contribution >= 0.6 is 0 Å². The molecule has 1 aliphatic heterocycles. The third kappa shape index (κ3) is 5.97. The number of methoxy groups -OCH3 is 1. The first-order valence-corrected chi connectivity index (χ1v) is 16.0. The van der Waals surface area contributed by atoms with Crippen molar-refractivity contribution in [2.45, 2.75) is 58.0 Å². The second-order valence-electron chi connectivity index (χ2n) is 12.5. The summed E-state index contributed by atoms with van der Waals surface area (Å²) in [6.45, 7) is 4.39. The van der Waals surface area contributed by atoms with Gasteiger partial charge in [-0.2, -0.15) is 0 Å². The van der Waals surface area contributed by atoms with E-state index in [-0.39, 0.29) is 59.9 Å². The maximum absolute atomic E-state index is 14.0. The van der Waals surface area contributed by atoms with Gasteiger partial charge >= 0.3 is 0 Å². The van der Waals surface area contributed by atoms with Gasteiger partial charge in [0.25, 0.3) is 0 Å². The fraction of sp³-hybridized carbons (Fsp3) is 0.342. The molecule has 8 nitrogen and oxygen atoms in total. The maximum atomic E-state index is 14.0. The van der Waals surface area contributed by atoms with Crippen molar-refractivity contribution in [1.29, 1.82) is 0 Å². The van der Waals surface area contributed by atoms with Gasteiger partial charge in [-0.3, -0.25) is 4.79 Å². The van der Waals surface area contributed by atoms with Gasteiger partial charge in [0, 0.05) is 35.7 Å². The number of carbonyl (C=O) groups is 1. The molecule has 8 heteroatoms. The first kappa shape index (κ1) is 31.3. The van der Waals surface area contributed by atoms with E-state index in [1.54, 1.807) is 24.3 Å². The number of rotatable bonds is 12. The van der Waals surface area contributed by atoms with Gasteiger partial charge in [0.15, 0.2) is 17.3 Å². The summed E-state index contributed by atoms with van der Waals surface area (Å²) in [5, 5.41) is 34.7. The van der Waals surface area contributed by atoms with Crippen molar-refractivity contribution in [1.82, 2.24) is 4.98 Å². The number of nitrogens with one attached hydrogen (secondary N) is 1. The monoisotopic (exact) mass is 623 g/mol. The lowest BCUT2D eigenvalue weighted by atomic mass is 9.81. The molecule has 0 fully saturated rings. The van der Waals surface area contributed by atoms with E-state index in [9.17, 15) is 20.1 Å². The Hall–Kier alpha value is -4.69. The number of H-pyrrole nitrogens is 1. The molecule has 1 aliphatic rings. The van der Waals surface area contributed by atoms with Crippen LogP contribution in [-0.4, -0.2) is 46.4 Å². The van der Waals surface area contributed by atoms with Crippen LogP contribution in [0.3, 0.4) is 0 Å². The van der Waals surface area contributed by atoms with E-state index in [2.05, 4.69) is 55.2 Å². The number of hydrogen-bond donors (Lipinski definition) is 4. The predicted octanol–water partition coefficient (Wildman–Crippen LogP) is 7.97. The number of fused-ring (bicyclic) bond motifs is 4. The molecule has 2 atom stereocenters. The van der Waals surface area contributed by atoms with E-state index in [0.717, 1.165) is 45.6 Å². The SMILES string of the molecule is COc1c(O)c([C@H](CCC(C)C)Cc2cccc3c2ccc2[nH]ccc23)c2c(c1OCCCO)C(=O)CC(c1ccc(O)cc1)O2. The number of aromatic hydroxyl groups is 2. The zero-order valence-electron chi connectivity index (χ0n) is 26.5. The number of phenolic OH excluding ortho intramolecular Hbond substituents is 2. The fourth-order valence-electron chi connectivity index (χ4n) is 6.63. The minimum atomic E-state index is -0.623. The van der Waals surface area contributed by atoms with Gasteiger partial charge in [0.1, 0.15) is 23.2 Å². The van der Waals surface area contributed by atoms with Gasteiger partial charge in [-0.15, -0.1) is 0 Å². The van der Waals surface area contributed by atoms with Crippen LogP contribution in [0.5, 0.6) is 28.7 Å². The Morgan fingerprint density at radius 3 is 2.50 bits per heavy atom. The molecule has 0 amide bonds. The Balaban J connectivity index is 1.53. The Kier molecular flexibility index (Phi) is 9.08. The number of hydrogen-bond acceptors (Lipinski definition) is 7. The van der Waals surface area contributed by atoms with Crippen molar-refractivity contribution in [3.05, 3.63) is 89.1 Å². The molecule has 46 heavy (non-hydrogen) atoms. The van der Waals surface area contributed by atoms with Crippen LogP contribution in [0, 0.1) is 5.92 Å². The molecule has 1 unspecified atom stereocenters. The van der Waals surface area contributed by atoms with Gasteiger partial charge in [-0.1, -0.05) is 56.7 Å². The van der Waals surface area contributed by atoms with E-state index in [0.29, 0.717) is 30.1 Å². The normalized spacial score (nSPS) is 15.2. The second-order valence-corrected chi connectivity index (χ2v) is 12.5. The highest BCUT2D eigenvalue weighted by Crippen LogP contribution is 2.55. The number of aliphatic hydroxyl groups excluding tert-OH is 1. The summed E-state index contributed by atoms with van der Waals surface area (Å²) < 4.78 is 18.5. The van der Waals surface area contributed by atoms with E-state index >= 15 is 0 Å². The molecule has 5 aromatic rings. The fourth-order valence-corrected chi connectivity index (χ4v) is 6.63. The van der Waals surface area contributed by atoms with Crippen LogP contribution in [-0.2, 0) is 6.42 Å². The summed E-state index contributed by atoms with van der Waals surface area (Å²) in [5.41, 5.74) is 3.71. The van der Waals surface area contributed by atoms with Crippen LogP contribution in [0.1, 0.15) is 78.6 Å². The number of benzene rings is 4. The van der Waals surface area contributed by atoms with Crippen molar-refractivity contribution < 1.29 is 34.3 Å². The average molecular weight is 624 g/mol. The highest BCUT2D eigenvalue weighted by molar-refractivity contribution is 6.07. The molecule has 1 aromatic heterocycles. The molecule has 4 N–H and O–H groups in total. The van der Waals surface area contributed by atoms with Gasteiger partial charge in [0.05, 0.1) is 20.1 Å². The number of phenols is 2. The molecule has 0 bridgehead atoms. The van der Waals surface area contributed by atoms with Crippen LogP contribution in [0.25, 0.3) is 21.7 Å². The van der Waals surface area contributed by atoms with Crippen molar-refractivity contribution in [3.8, 4) is 28.7 Å². The zero-order chi connectivity index (χ0) is 32.4. The van der Waals surface area contributed by atoms with E-state index < -0.39 is 6.10 Å². The molecular formula is C38H41NO7. The zero-order valence-corrected chi connectivity index (χ0v) is 26.5. The molecule has 0 radical (unpaired) electrons. The van der Waals surface area contributed by atoms with E-state index in [1.165, 1.54) is 7.11 Å². The van der Waals surface area contributed by atoms with Crippen LogP contribution in [0.15, 0.2) is 66.9 Å². The Labute approximate surface area is 268 Å². The summed E-state index contributed by atoms with van der Waals surface area (Å²) in [7, 11) is 1.45. The van der Waals surface area contributed by atoms with Crippen LogP contribution in [0.2, 0.25) is 0 Å². The molecule has 240 valence electrons. The predicted molar refractivity (Wildman–Crippen MR) is 179 cm³/mol. The Morgan fingerprint density at radius 1 is 0.957 bits per heavy atom. The quantitative estimate of drug-likeness (QED) is 0.104. The van der Waals surface area contributed by atoms with Crippen molar-refractivity contribution >= 4 is 27.5 Å². The first-order chi connectivity index (χ1) is 22.3. The molecule has 0 spiro atoms. The van der Waals surface area contributed by atoms with Gasteiger partial charge in [0.2, 0.25) is 5.75 Å². The van der Waals surface area contributed by atoms with Crippen LogP contribution < -0.4 is 14.2 Å². The van der Waals surface area contributed by atoms with Crippen LogP contribution in [0.4, 0.5) is 0 Å². The Morgan fingerprint density at radius 2 is 1.76 bits per heavy atom. The number of ketones is 1. The molecular weight excluding hydrogens is 582 g/mol. The van der Waals surface area contributed by atoms with Gasteiger partial charge in [-0.05, 0) is 70.8 Å². The Bertz CT molecular complexity index is 1860. The van der Waals surface area contributed by atoms with Gasteiger partial charge in [-0.25, -0.2) is 0 Å². The third-order valence-electron chi connectivity index (χ3n) is 8.95. The largest absolute Gasteiger partial charge is 0.508 e. The smallest absolute Gasteiger partial charge is 0.204 e. The number of Topliss-reactive ketones (excluding diaryl/α,β-unsaturated/α-hetero) is 1. The molecule has 2 heterocycles. The van der Waals surface area contributed by atoms with E-state index in [4.69, 9.17) is 14.2 Å². The standard InChI is InChI=1S/C38H41NO7/c1-22(2)8-9-25(20-24-6-4-7-28-27(24)14-15-30-29(28)16-17-39-30)33-35(43)38(44-3)37(45-19-5-18-40)34-31(42)21-32(46-36(33)34)23-10-12-26(41)13-11-23/h4,6-7,10-17,22,25,32,39-41,43H,5,8-9,18-21H2,1-3H3/t25-,32?/m1/s1. The highest BCUT2D eigenvalue weighted by atomic mass is 16.5. The summed E-state index contributed by atoms with van der Waals surface area (Å²) in [6, 6.07) is 19.3. The third-order valence-corrected chi connectivity index (χ3v) is 8.95. The topological polar surface area (TPSA) is 121 Å². The maximum Gasteiger partial charge on any atom is 0.204 e. The number of aliphatic hydroxyl groups is 1. The number of aromatic nitrogens is 1. The summed E-state index contributed by atoms with van der Waals surface area (Å²) in [5.74, 6) is 0.514. The molecule has 0 saturated heterocycles. The number of aromatic amines is 1. The average Bonchev–Trinajstić information content (AvgIpc) is 3.53. The lowest BCUT2D eigenvalue weighted by Gasteiger charge is -2.33. The van der Waals surface area contributed by atoms with Crippen molar-refractivity contribution in [3.63, 3.8) is 0 Å². The van der Waals surface area contributed by atoms with Gasteiger partial charge < -0.3 is 34.5 Å². The number of carbonyl (C=O) groups excluding carboxylic acids is 1. The second kappa shape index (κ2) is 13.3. The molecule has 0 saturated carbocycles. The van der Waals surface area contributed by atoms with E-state index in [1.807, 2.05) is 6.20 Å².